The summed E-state index contributed by atoms with van der Waals surface area (Å²) in [6.07, 6.45) is 2.10. The third kappa shape index (κ3) is 2.21. The zero-order chi connectivity index (χ0) is 17.0. The Morgan fingerprint density at radius 3 is 2.80 bits per heavy atom. The van der Waals surface area contributed by atoms with Crippen LogP contribution in [0.3, 0.4) is 0 Å². The van der Waals surface area contributed by atoms with Gasteiger partial charge in [-0.25, -0.2) is 0 Å². The van der Waals surface area contributed by atoms with Crippen LogP contribution in [-0.2, 0) is 6.42 Å². The van der Waals surface area contributed by atoms with E-state index in [0.717, 1.165) is 59.4 Å². The van der Waals surface area contributed by atoms with Crippen molar-refractivity contribution < 1.29 is 13.9 Å². The maximum atomic E-state index is 6.10. The van der Waals surface area contributed by atoms with Crippen LogP contribution in [0.1, 0.15) is 23.3 Å². The normalized spacial score (nSPS) is 14.9. The van der Waals surface area contributed by atoms with E-state index in [-0.39, 0.29) is 0 Å². The summed E-state index contributed by atoms with van der Waals surface area (Å²) in [4.78, 5) is 2.12. The molecule has 0 fully saturated rings. The van der Waals surface area contributed by atoms with Crippen LogP contribution in [0.15, 0.2) is 46.9 Å². The molecular weight excluding hydrogens is 314 g/mol. The van der Waals surface area contributed by atoms with E-state index in [1.807, 2.05) is 13.0 Å². The van der Waals surface area contributed by atoms with Gasteiger partial charge in [0.05, 0.1) is 18.0 Å². The standard InChI is InChI=1S/C21H19NO3/c1-13-8-9-16-18(11-13)25-19-12-14(2)24-21(19)22(16)17-7-3-5-15-6-4-10-23-20(15)17/h3,5,7-9,11-12H,4,6,10H2,1-2H3. The molecule has 3 aromatic rings. The summed E-state index contributed by atoms with van der Waals surface area (Å²) in [6.45, 7) is 4.75. The molecule has 0 saturated carbocycles. The molecule has 0 saturated heterocycles. The summed E-state index contributed by atoms with van der Waals surface area (Å²) in [5, 5.41) is 0. The van der Waals surface area contributed by atoms with Gasteiger partial charge in [0.1, 0.15) is 11.5 Å². The van der Waals surface area contributed by atoms with Gasteiger partial charge in [-0.15, -0.1) is 0 Å². The monoisotopic (exact) mass is 333 g/mol. The van der Waals surface area contributed by atoms with Crippen molar-refractivity contribution in [3.8, 4) is 17.2 Å². The number of hydrogen-bond acceptors (Lipinski definition) is 4. The van der Waals surface area contributed by atoms with Crippen molar-refractivity contribution in [2.75, 3.05) is 11.5 Å². The van der Waals surface area contributed by atoms with E-state index in [4.69, 9.17) is 13.9 Å². The molecule has 2 aliphatic heterocycles. The first-order valence-electron chi connectivity index (χ1n) is 8.64. The quantitative estimate of drug-likeness (QED) is 0.441. The Kier molecular flexibility index (Phi) is 3.07. The molecular formula is C21H19NO3. The lowest BCUT2D eigenvalue weighted by atomic mass is 10.0. The van der Waals surface area contributed by atoms with Crippen LogP contribution in [0.25, 0.3) is 0 Å². The van der Waals surface area contributed by atoms with Crippen molar-refractivity contribution in [2.24, 2.45) is 0 Å². The number of para-hydroxylation sites is 1. The smallest absolute Gasteiger partial charge is 0.248 e. The van der Waals surface area contributed by atoms with E-state index in [1.54, 1.807) is 0 Å². The Morgan fingerprint density at radius 2 is 1.88 bits per heavy atom. The maximum Gasteiger partial charge on any atom is 0.248 e. The minimum Gasteiger partial charge on any atom is -0.491 e. The van der Waals surface area contributed by atoms with Crippen molar-refractivity contribution in [2.45, 2.75) is 26.7 Å². The van der Waals surface area contributed by atoms with Gasteiger partial charge in [-0.2, -0.15) is 0 Å². The lowest BCUT2D eigenvalue weighted by Gasteiger charge is -2.32. The van der Waals surface area contributed by atoms with Crippen molar-refractivity contribution in [1.29, 1.82) is 0 Å². The molecule has 4 heteroatoms. The molecule has 126 valence electrons. The summed E-state index contributed by atoms with van der Waals surface area (Å²) in [5.41, 5.74) is 4.37. The van der Waals surface area contributed by atoms with Crippen LogP contribution in [0, 0.1) is 13.8 Å². The zero-order valence-electron chi connectivity index (χ0n) is 14.3. The molecule has 2 aliphatic rings. The van der Waals surface area contributed by atoms with Gasteiger partial charge in [0, 0.05) is 6.07 Å². The Bertz CT molecular complexity index is 973. The van der Waals surface area contributed by atoms with Crippen molar-refractivity contribution >= 4 is 17.3 Å². The first-order valence-corrected chi connectivity index (χ1v) is 8.64. The van der Waals surface area contributed by atoms with Crippen LogP contribution in [0.5, 0.6) is 17.2 Å². The molecule has 0 spiro atoms. The molecule has 25 heavy (non-hydrogen) atoms. The van der Waals surface area contributed by atoms with Gasteiger partial charge < -0.3 is 13.9 Å². The average Bonchev–Trinajstić information content (AvgIpc) is 2.98. The molecule has 4 nitrogen and oxygen atoms in total. The predicted octanol–water partition coefficient (Wildman–Crippen LogP) is 5.80. The number of furan rings is 1. The Balaban J connectivity index is 1.76. The fraction of sp³-hybridized carbons (Fsp3) is 0.238. The molecule has 5 rings (SSSR count). The Labute approximate surface area is 146 Å². The molecule has 0 amide bonds. The van der Waals surface area contributed by atoms with Gasteiger partial charge in [-0.1, -0.05) is 18.2 Å². The van der Waals surface area contributed by atoms with Crippen LogP contribution >= 0.6 is 0 Å². The number of benzene rings is 2. The lowest BCUT2D eigenvalue weighted by molar-refractivity contribution is 0.289. The van der Waals surface area contributed by atoms with Crippen LogP contribution < -0.4 is 14.4 Å². The second-order valence-electron chi connectivity index (χ2n) is 6.65. The molecule has 2 aromatic carbocycles. The molecule has 0 N–H and O–H groups in total. The van der Waals surface area contributed by atoms with E-state index in [0.29, 0.717) is 5.88 Å². The summed E-state index contributed by atoms with van der Waals surface area (Å²) in [6, 6.07) is 14.5. The molecule has 3 heterocycles. The third-order valence-corrected chi connectivity index (χ3v) is 4.74. The summed E-state index contributed by atoms with van der Waals surface area (Å²) >= 11 is 0. The number of rotatable bonds is 1. The third-order valence-electron chi connectivity index (χ3n) is 4.74. The highest BCUT2D eigenvalue weighted by Crippen LogP contribution is 2.54. The first kappa shape index (κ1) is 14.5. The predicted molar refractivity (Wildman–Crippen MR) is 96.8 cm³/mol. The zero-order valence-corrected chi connectivity index (χ0v) is 14.3. The average molecular weight is 333 g/mol. The molecule has 0 aliphatic carbocycles. The Hall–Kier alpha value is -2.88. The second-order valence-corrected chi connectivity index (χ2v) is 6.65. The fourth-order valence-electron chi connectivity index (χ4n) is 3.61. The maximum absolute atomic E-state index is 6.10. The van der Waals surface area contributed by atoms with Crippen LogP contribution in [0.4, 0.5) is 17.3 Å². The van der Waals surface area contributed by atoms with Crippen molar-refractivity contribution in [3.63, 3.8) is 0 Å². The molecule has 0 unspecified atom stereocenters. The van der Waals surface area contributed by atoms with Gasteiger partial charge in [0.2, 0.25) is 5.88 Å². The second kappa shape index (κ2) is 5.31. The van der Waals surface area contributed by atoms with Gasteiger partial charge in [-0.05, 0) is 56.0 Å². The van der Waals surface area contributed by atoms with Gasteiger partial charge in [0.15, 0.2) is 11.5 Å². The minimum absolute atomic E-state index is 0.705. The number of fused-ring (bicyclic) bond motifs is 3. The van der Waals surface area contributed by atoms with Gasteiger partial charge >= 0.3 is 0 Å². The highest BCUT2D eigenvalue weighted by molar-refractivity contribution is 5.86. The number of aryl methyl sites for hydroxylation is 3. The minimum atomic E-state index is 0.705. The van der Waals surface area contributed by atoms with E-state index < -0.39 is 0 Å². The van der Waals surface area contributed by atoms with E-state index in [1.165, 1.54) is 5.56 Å². The molecule has 0 atom stereocenters. The van der Waals surface area contributed by atoms with Gasteiger partial charge in [0.25, 0.3) is 0 Å². The topological polar surface area (TPSA) is 34.8 Å². The number of hydrogen-bond donors (Lipinski definition) is 0. The van der Waals surface area contributed by atoms with Crippen molar-refractivity contribution in [3.05, 3.63) is 59.4 Å². The van der Waals surface area contributed by atoms with Crippen LogP contribution in [0.2, 0.25) is 0 Å². The number of ether oxygens (including phenoxy) is 2. The number of anilines is 3. The van der Waals surface area contributed by atoms with E-state index >= 15 is 0 Å². The fourth-order valence-corrected chi connectivity index (χ4v) is 3.61. The summed E-state index contributed by atoms with van der Waals surface area (Å²) < 4.78 is 18.1. The van der Waals surface area contributed by atoms with Gasteiger partial charge in [-0.3, -0.25) is 4.90 Å². The molecule has 1 aromatic heterocycles. The van der Waals surface area contributed by atoms with Crippen molar-refractivity contribution in [1.82, 2.24) is 0 Å². The van der Waals surface area contributed by atoms with E-state index in [2.05, 4.69) is 48.2 Å². The highest BCUT2D eigenvalue weighted by Gasteiger charge is 2.32. The number of nitrogens with zero attached hydrogens (tertiary/aromatic N) is 1. The summed E-state index contributed by atoms with van der Waals surface area (Å²) in [7, 11) is 0. The molecule has 0 bridgehead atoms. The SMILES string of the molecule is Cc1ccc2c(c1)Oc1cc(C)oc1N2c1cccc2c1OCCC2. The van der Waals surface area contributed by atoms with E-state index in [9.17, 15) is 0 Å². The molecule has 0 radical (unpaired) electrons. The lowest BCUT2D eigenvalue weighted by Crippen LogP contribution is -2.18. The largest absolute Gasteiger partial charge is 0.491 e. The first-order chi connectivity index (χ1) is 12.2. The van der Waals surface area contributed by atoms with Crippen LogP contribution in [-0.4, -0.2) is 6.61 Å². The Morgan fingerprint density at radius 1 is 0.960 bits per heavy atom. The highest BCUT2D eigenvalue weighted by atomic mass is 16.5. The summed E-state index contributed by atoms with van der Waals surface area (Å²) in [5.74, 6) is 4.05.